The van der Waals surface area contributed by atoms with Crippen molar-refractivity contribution in [2.75, 3.05) is 5.32 Å². The summed E-state index contributed by atoms with van der Waals surface area (Å²) in [5, 5.41) is 3.65. The van der Waals surface area contributed by atoms with Crippen LogP contribution >= 0.6 is 0 Å². The summed E-state index contributed by atoms with van der Waals surface area (Å²) in [6, 6.07) is 0.649. The van der Waals surface area contributed by atoms with Crippen molar-refractivity contribution in [3.8, 4) is 0 Å². The molecular weight excluding hydrogens is 234 g/mol. The molecule has 0 saturated heterocycles. The molecule has 1 N–H and O–H groups in total. The molecule has 0 amide bonds. The third-order valence-electron chi connectivity index (χ3n) is 3.81. The molecule has 0 radical (unpaired) electrons. The average molecular weight is 263 g/mol. The minimum Gasteiger partial charge on any atom is -0.351 e. The molecule has 19 heavy (non-hydrogen) atoms. The molecule has 0 unspecified atom stereocenters. The van der Waals surface area contributed by atoms with Crippen molar-refractivity contribution in [3.63, 3.8) is 0 Å². The zero-order valence-electron chi connectivity index (χ0n) is 13.2. The molecule has 1 heterocycles. The topological polar surface area (TPSA) is 29.9 Å². The molecule has 3 heteroatoms. The number of hydrogen-bond donors (Lipinski definition) is 1. The van der Waals surface area contributed by atoms with Gasteiger partial charge < -0.3 is 9.88 Å². The first-order valence-corrected chi connectivity index (χ1v) is 7.58. The lowest BCUT2D eigenvalue weighted by Gasteiger charge is -2.34. The van der Waals surface area contributed by atoms with E-state index in [0.717, 1.165) is 12.4 Å². The summed E-state index contributed by atoms with van der Waals surface area (Å²) in [7, 11) is 0. The quantitative estimate of drug-likeness (QED) is 0.858. The Balaban J connectivity index is 2.08. The molecule has 1 fully saturated rings. The highest BCUT2D eigenvalue weighted by Gasteiger charge is 2.27. The van der Waals surface area contributed by atoms with Crippen molar-refractivity contribution in [2.24, 2.45) is 5.41 Å². The Hall–Kier alpha value is -0.990. The molecule has 1 aliphatic carbocycles. The summed E-state index contributed by atoms with van der Waals surface area (Å²) in [4.78, 5) is 4.53. The molecule has 1 aromatic heterocycles. The van der Waals surface area contributed by atoms with Crippen LogP contribution in [0.2, 0.25) is 0 Å². The molecule has 0 atom stereocenters. The first-order valence-electron chi connectivity index (χ1n) is 7.58. The normalized spacial score (nSPS) is 17.9. The van der Waals surface area contributed by atoms with Crippen LogP contribution in [-0.2, 0) is 0 Å². The van der Waals surface area contributed by atoms with Gasteiger partial charge in [-0.3, -0.25) is 0 Å². The maximum Gasteiger partial charge on any atom is 0.203 e. The number of aromatic nitrogens is 2. The van der Waals surface area contributed by atoms with E-state index in [0.29, 0.717) is 11.5 Å². The predicted molar refractivity (Wildman–Crippen MR) is 81.5 cm³/mol. The van der Waals surface area contributed by atoms with Gasteiger partial charge in [0.25, 0.3) is 0 Å². The summed E-state index contributed by atoms with van der Waals surface area (Å²) >= 11 is 0. The van der Waals surface area contributed by atoms with Gasteiger partial charge >= 0.3 is 0 Å². The van der Waals surface area contributed by atoms with E-state index in [1.165, 1.54) is 25.7 Å². The summed E-state index contributed by atoms with van der Waals surface area (Å²) < 4.78 is 2.34. The van der Waals surface area contributed by atoms with Gasteiger partial charge in [0.15, 0.2) is 0 Å². The number of anilines is 1. The first kappa shape index (κ1) is 14.4. The smallest absolute Gasteiger partial charge is 0.203 e. The van der Waals surface area contributed by atoms with E-state index in [1.54, 1.807) is 0 Å². The van der Waals surface area contributed by atoms with Crippen LogP contribution < -0.4 is 5.32 Å². The summed E-state index contributed by atoms with van der Waals surface area (Å²) in [5.41, 5.74) is 0.390. The fourth-order valence-electron chi connectivity index (χ4n) is 3.56. The molecular formula is C16H29N3. The van der Waals surface area contributed by atoms with Crippen LogP contribution in [0.25, 0.3) is 0 Å². The Morgan fingerprint density at radius 1 is 1.21 bits per heavy atom. The zero-order valence-corrected chi connectivity index (χ0v) is 13.2. The molecule has 1 aliphatic rings. The van der Waals surface area contributed by atoms with Crippen LogP contribution in [-0.4, -0.2) is 15.1 Å². The van der Waals surface area contributed by atoms with Crippen molar-refractivity contribution in [2.45, 2.75) is 78.3 Å². The van der Waals surface area contributed by atoms with Crippen LogP contribution in [0, 0.1) is 5.41 Å². The molecule has 0 aromatic carbocycles. The van der Waals surface area contributed by atoms with E-state index < -0.39 is 0 Å². The van der Waals surface area contributed by atoms with E-state index in [-0.39, 0.29) is 5.54 Å². The number of rotatable bonds is 4. The summed E-state index contributed by atoms with van der Waals surface area (Å²) in [6.07, 6.45) is 10.5. The van der Waals surface area contributed by atoms with Gasteiger partial charge in [-0.15, -0.1) is 0 Å². The second-order valence-electron chi connectivity index (χ2n) is 7.84. The fraction of sp³-hybridized carbons (Fsp3) is 0.812. The number of nitrogens with one attached hydrogen (secondary N) is 1. The minimum absolute atomic E-state index is 0.0694. The van der Waals surface area contributed by atoms with Crippen molar-refractivity contribution < 1.29 is 0 Å². The fourth-order valence-corrected chi connectivity index (χ4v) is 3.56. The monoisotopic (exact) mass is 263 g/mol. The highest BCUT2D eigenvalue weighted by Crippen LogP contribution is 2.34. The summed E-state index contributed by atoms with van der Waals surface area (Å²) in [5.74, 6) is 1.04. The van der Waals surface area contributed by atoms with Gasteiger partial charge in [-0.1, -0.05) is 33.6 Å². The lowest BCUT2D eigenvalue weighted by molar-refractivity contribution is 0.300. The van der Waals surface area contributed by atoms with Gasteiger partial charge in [0.05, 0.1) is 0 Å². The van der Waals surface area contributed by atoms with Gasteiger partial charge in [-0.2, -0.15) is 0 Å². The minimum atomic E-state index is 0.0694. The van der Waals surface area contributed by atoms with Crippen LogP contribution in [0.4, 0.5) is 5.95 Å². The lowest BCUT2D eigenvalue weighted by atomic mass is 9.82. The number of hydrogen-bond acceptors (Lipinski definition) is 2. The Labute approximate surface area is 117 Å². The molecule has 108 valence electrons. The average Bonchev–Trinajstić information content (AvgIpc) is 2.81. The van der Waals surface area contributed by atoms with Crippen LogP contribution in [0.3, 0.4) is 0 Å². The second-order valence-corrected chi connectivity index (χ2v) is 7.84. The van der Waals surface area contributed by atoms with E-state index in [1.807, 2.05) is 6.20 Å². The highest BCUT2D eigenvalue weighted by atomic mass is 15.2. The van der Waals surface area contributed by atoms with E-state index in [2.05, 4.69) is 55.7 Å². The van der Waals surface area contributed by atoms with Crippen molar-refractivity contribution in [1.29, 1.82) is 0 Å². The van der Waals surface area contributed by atoms with Gasteiger partial charge in [0, 0.05) is 24.0 Å². The third kappa shape index (κ3) is 3.99. The van der Waals surface area contributed by atoms with Crippen molar-refractivity contribution in [1.82, 2.24) is 9.55 Å². The van der Waals surface area contributed by atoms with Gasteiger partial charge in [-0.25, -0.2) is 4.98 Å². The third-order valence-corrected chi connectivity index (χ3v) is 3.81. The molecule has 1 saturated carbocycles. The predicted octanol–water partition coefficient (Wildman–Crippen LogP) is 4.62. The largest absolute Gasteiger partial charge is 0.351 e. The molecule has 1 aromatic rings. The number of imidazole rings is 1. The number of nitrogens with zero attached hydrogens (tertiary/aromatic N) is 2. The Bertz CT molecular complexity index is 406. The van der Waals surface area contributed by atoms with E-state index >= 15 is 0 Å². The van der Waals surface area contributed by atoms with Gasteiger partial charge in [0.2, 0.25) is 5.95 Å². The standard InChI is InChI=1S/C16H29N3/c1-15(2,3)12-16(4,5)18-14-17-10-11-19(14)13-8-6-7-9-13/h10-11,13H,6-9,12H2,1-5H3,(H,17,18). The first-order chi connectivity index (χ1) is 8.77. The molecule has 0 bridgehead atoms. The zero-order chi connectivity index (χ0) is 14.1. The van der Waals surface area contributed by atoms with E-state index in [4.69, 9.17) is 0 Å². The summed E-state index contributed by atoms with van der Waals surface area (Å²) in [6.45, 7) is 11.4. The van der Waals surface area contributed by atoms with Gasteiger partial charge in [0.1, 0.15) is 0 Å². The molecule has 0 aliphatic heterocycles. The maximum atomic E-state index is 4.53. The highest BCUT2D eigenvalue weighted by molar-refractivity contribution is 5.31. The van der Waals surface area contributed by atoms with Gasteiger partial charge in [-0.05, 0) is 38.5 Å². The van der Waals surface area contributed by atoms with Crippen molar-refractivity contribution in [3.05, 3.63) is 12.4 Å². The Kier molecular flexibility index (Phi) is 3.93. The molecule has 3 nitrogen and oxygen atoms in total. The van der Waals surface area contributed by atoms with E-state index in [9.17, 15) is 0 Å². The van der Waals surface area contributed by atoms with Crippen molar-refractivity contribution >= 4 is 5.95 Å². The second kappa shape index (κ2) is 5.18. The van der Waals surface area contributed by atoms with Crippen LogP contribution in [0.15, 0.2) is 12.4 Å². The van der Waals surface area contributed by atoms with Crippen LogP contribution in [0.1, 0.15) is 72.8 Å². The SMILES string of the molecule is CC(C)(C)CC(C)(C)Nc1nccn1C1CCCC1. The Morgan fingerprint density at radius 2 is 1.84 bits per heavy atom. The lowest BCUT2D eigenvalue weighted by Crippen LogP contribution is -2.36. The molecule has 2 rings (SSSR count). The van der Waals surface area contributed by atoms with Crippen LogP contribution in [0.5, 0.6) is 0 Å². The molecule has 0 spiro atoms. The Morgan fingerprint density at radius 3 is 2.42 bits per heavy atom. The maximum absolute atomic E-state index is 4.53.